The van der Waals surface area contributed by atoms with Crippen LogP contribution in [0.15, 0.2) is 0 Å². The summed E-state index contributed by atoms with van der Waals surface area (Å²) in [5.41, 5.74) is 4.82. The third-order valence-corrected chi connectivity index (χ3v) is 0.287. The summed E-state index contributed by atoms with van der Waals surface area (Å²) in [7, 11) is 0. The summed E-state index contributed by atoms with van der Waals surface area (Å²) in [6, 6.07) is 0. The van der Waals surface area contributed by atoms with Crippen molar-refractivity contribution in [3.05, 3.63) is 0 Å². The average Bonchev–Trinajstić information content (AvgIpc) is 1.65. The first kappa shape index (κ1) is 11.1. The zero-order valence-electron chi connectivity index (χ0n) is 6.10. The Balaban J connectivity index is 0. The number of ketones is 2. The number of carbonyl (C=O) groups excluding carboxylic acids is 2. The molecule has 0 unspecified atom stereocenters. The second-order valence-corrected chi connectivity index (χ2v) is 1.81. The molecule has 0 rings (SSSR count). The Hall–Kier alpha value is -0.700. The highest BCUT2D eigenvalue weighted by Gasteiger charge is 1.76. The van der Waals surface area contributed by atoms with Crippen LogP contribution in [0.25, 0.3) is 0 Å². The van der Waals surface area contributed by atoms with Crippen molar-refractivity contribution in [3.63, 3.8) is 0 Å². The van der Waals surface area contributed by atoms with Gasteiger partial charge in [0.1, 0.15) is 11.6 Å². The number of Topliss-reactive ketones (excluding diaryl/α,β-unsaturated/α-hetero) is 2. The van der Waals surface area contributed by atoms with Gasteiger partial charge in [-0.2, -0.15) is 0 Å². The van der Waals surface area contributed by atoms with Crippen LogP contribution >= 0.6 is 0 Å². The van der Waals surface area contributed by atoms with Gasteiger partial charge in [0, 0.05) is 0 Å². The summed E-state index contributed by atoms with van der Waals surface area (Å²) in [5.74, 6) is 0.199. The lowest BCUT2D eigenvalue weighted by Gasteiger charge is -1.73. The minimum Gasteiger partial charge on any atom is -0.324 e. The van der Waals surface area contributed by atoms with E-state index >= 15 is 0 Å². The van der Waals surface area contributed by atoms with Gasteiger partial charge in [-0.1, -0.05) is 0 Å². The summed E-state index contributed by atoms with van der Waals surface area (Å²) < 4.78 is 0. The highest BCUT2D eigenvalue weighted by atomic mass is 16.1. The maximum Gasteiger partial charge on any atom is 0.143 e. The first-order valence-electron chi connectivity index (χ1n) is 2.67. The van der Waals surface area contributed by atoms with Crippen LogP contribution in [0, 0.1) is 0 Å². The van der Waals surface area contributed by atoms with Crippen LogP contribution in [-0.2, 0) is 9.59 Å². The van der Waals surface area contributed by atoms with Gasteiger partial charge in [-0.05, 0) is 20.8 Å². The highest BCUT2D eigenvalue weighted by molar-refractivity contribution is 5.77. The van der Waals surface area contributed by atoms with E-state index in [-0.39, 0.29) is 18.1 Å². The van der Waals surface area contributed by atoms with Crippen LogP contribution in [0.4, 0.5) is 0 Å². The van der Waals surface area contributed by atoms with E-state index in [4.69, 9.17) is 5.73 Å². The number of hydrogen-bond donors (Lipinski definition) is 1. The number of carbonyl (C=O) groups is 2. The summed E-state index contributed by atoms with van der Waals surface area (Å²) in [5, 5.41) is 0. The van der Waals surface area contributed by atoms with Gasteiger partial charge < -0.3 is 10.5 Å². The molecule has 0 saturated heterocycles. The van der Waals surface area contributed by atoms with Gasteiger partial charge in [-0.15, -0.1) is 0 Å². The maximum atomic E-state index is 9.69. The molecule has 9 heavy (non-hydrogen) atoms. The lowest BCUT2D eigenvalue weighted by atomic mass is 10.5. The predicted molar refractivity (Wildman–Crippen MR) is 36.1 cm³/mol. The standard InChI is InChI=1S/C3H7NO.C3H6O/c1-3(5)2-4;1-3(2)4/h2,4H2,1H3;1-2H3. The predicted octanol–water partition coefficient (Wildman–Crippen LogP) is 0.129. The molecule has 0 fully saturated rings. The molecule has 3 heteroatoms. The molecule has 0 aliphatic heterocycles. The maximum absolute atomic E-state index is 9.69. The fourth-order valence-corrected chi connectivity index (χ4v) is 0. The molecule has 0 aromatic rings. The molecule has 0 bridgehead atoms. The van der Waals surface area contributed by atoms with Crippen molar-refractivity contribution in [2.75, 3.05) is 6.54 Å². The van der Waals surface area contributed by atoms with Crippen molar-refractivity contribution in [2.24, 2.45) is 5.73 Å². The van der Waals surface area contributed by atoms with Crippen molar-refractivity contribution in [2.45, 2.75) is 20.8 Å². The Morgan fingerprint density at radius 2 is 1.33 bits per heavy atom. The van der Waals surface area contributed by atoms with E-state index in [0.29, 0.717) is 0 Å². The molecule has 0 aliphatic carbocycles. The minimum absolute atomic E-state index is 0.0324. The molecule has 0 atom stereocenters. The highest BCUT2D eigenvalue weighted by Crippen LogP contribution is 1.51. The van der Waals surface area contributed by atoms with Gasteiger partial charge in [-0.3, -0.25) is 4.79 Å². The van der Waals surface area contributed by atoms with E-state index in [1.165, 1.54) is 20.8 Å². The molecular weight excluding hydrogens is 118 g/mol. The Labute approximate surface area is 55.2 Å². The van der Waals surface area contributed by atoms with Crippen LogP contribution in [0.2, 0.25) is 0 Å². The lowest BCUT2D eigenvalue weighted by Crippen LogP contribution is -2.07. The lowest BCUT2D eigenvalue weighted by molar-refractivity contribution is -0.116. The zero-order chi connectivity index (χ0) is 7.86. The van der Waals surface area contributed by atoms with E-state index in [2.05, 4.69) is 0 Å². The summed E-state index contributed by atoms with van der Waals surface area (Å²) in [6.07, 6.45) is 0. The van der Waals surface area contributed by atoms with Crippen molar-refractivity contribution >= 4 is 11.6 Å². The molecule has 0 amide bonds. The van der Waals surface area contributed by atoms with Gasteiger partial charge in [0.25, 0.3) is 0 Å². The van der Waals surface area contributed by atoms with E-state index in [9.17, 15) is 9.59 Å². The van der Waals surface area contributed by atoms with E-state index < -0.39 is 0 Å². The van der Waals surface area contributed by atoms with Crippen LogP contribution in [0.3, 0.4) is 0 Å². The first-order chi connectivity index (χ1) is 4.00. The fourth-order valence-electron chi connectivity index (χ4n) is 0. The molecule has 3 nitrogen and oxygen atoms in total. The normalized spacial score (nSPS) is 7.11. The van der Waals surface area contributed by atoms with Gasteiger partial charge >= 0.3 is 0 Å². The molecule has 0 aromatic carbocycles. The smallest absolute Gasteiger partial charge is 0.143 e. The summed E-state index contributed by atoms with van der Waals surface area (Å²) >= 11 is 0. The fraction of sp³-hybridized carbons (Fsp3) is 0.667. The number of rotatable bonds is 1. The molecular formula is C6H13NO2. The number of hydrogen-bond acceptors (Lipinski definition) is 3. The quantitative estimate of drug-likeness (QED) is 0.550. The van der Waals surface area contributed by atoms with Crippen LogP contribution in [0.1, 0.15) is 20.8 Å². The Morgan fingerprint density at radius 3 is 1.33 bits per heavy atom. The Bertz CT molecular complexity index is 95.2. The summed E-state index contributed by atoms with van der Waals surface area (Å²) in [6.45, 7) is 4.68. The van der Waals surface area contributed by atoms with Crippen molar-refractivity contribution in [1.29, 1.82) is 0 Å². The molecule has 2 N–H and O–H groups in total. The minimum atomic E-state index is 0.0324. The molecule has 0 spiro atoms. The van der Waals surface area contributed by atoms with Crippen molar-refractivity contribution < 1.29 is 9.59 Å². The SMILES string of the molecule is CC(=O)CN.CC(C)=O. The molecule has 0 aliphatic rings. The molecule has 54 valence electrons. The van der Waals surface area contributed by atoms with Gasteiger partial charge in [0.2, 0.25) is 0 Å². The van der Waals surface area contributed by atoms with Gasteiger partial charge in [0.05, 0.1) is 6.54 Å². The molecule has 0 aromatic heterocycles. The third-order valence-electron chi connectivity index (χ3n) is 0.287. The third kappa shape index (κ3) is 121. The van der Waals surface area contributed by atoms with Crippen LogP contribution in [-0.4, -0.2) is 18.1 Å². The van der Waals surface area contributed by atoms with Gasteiger partial charge in [0.15, 0.2) is 0 Å². The van der Waals surface area contributed by atoms with E-state index in [0.717, 1.165) is 0 Å². The van der Waals surface area contributed by atoms with Crippen molar-refractivity contribution in [3.8, 4) is 0 Å². The molecule has 0 heterocycles. The van der Waals surface area contributed by atoms with Gasteiger partial charge in [-0.25, -0.2) is 0 Å². The van der Waals surface area contributed by atoms with Crippen LogP contribution < -0.4 is 5.73 Å². The van der Waals surface area contributed by atoms with Crippen LogP contribution in [0.5, 0.6) is 0 Å². The second kappa shape index (κ2) is 7.30. The second-order valence-electron chi connectivity index (χ2n) is 1.81. The Morgan fingerprint density at radius 1 is 1.22 bits per heavy atom. The van der Waals surface area contributed by atoms with Crippen molar-refractivity contribution in [1.82, 2.24) is 0 Å². The monoisotopic (exact) mass is 131 g/mol. The number of nitrogens with two attached hydrogens (primary N) is 1. The zero-order valence-corrected chi connectivity index (χ0v) is 6.10. The summed E-state index contributed by atoms with van der Waals surface area (Å²) in [4.78, 5) is 19.1. The Kier molecular flexibility index (Phi) is 9.04. The molecule has 0 saturated carbocycles. The van der Waals surface area contributed by atoms with E-state index in [1.54, 1.807) is 0 Å². The topological polar surface area (TPSA) is 60.2 Å². The van der Waals surface area contributed by atoms with E-state index in [1.807, 2.05) is 0 Å². The first-order valence-corrected chi connectivity index (χ1v) is 2.67. The largest absolute Gasteiger partial charge is 0.324 e. The molecule has 0 radical (unpaired) electrons. The average molecular weight is 131 g/mol.